The molecule has 1 heterocycles. The molecule has 0 bridgehead atoms. The highest BCUT2D eigenvalue weighted by Gasteiger charge is 2.15. The summed E-state index contributed by atoms with van der Waals surface area (Å²) in [5, 5.41) is 6.52. The largest absolute Gasteiger partial charge is 0.497 e. The van der Waals surface area contributed by atoms with Crippen molar-refractivity contribution >= 4 is 43.3 Å². The van der Waals surface area contributed by atoms with E-state index in [2.05, 4.69) is 44.8 Å². The number of benzene rings is 2. The summed E-state index contributed by atoms with van der Waals surface area (Å²) >= 11 is 5.17. The number of methoxy groups -OCH3 is 1. The Labute approximate surface area is 153 Å². The van der Waals surface area contributed by atoms with Gasteiger partial charge in [-0.25, -0.2) is 0 Å². The second-order valence-electron chi connectivity index (χ2n) is 5.68. The fraction of sp³-hybridized carbons (Fsp3) is 0.211. The maximum Gasteiger partial charge on any atom is 0.252 e. The van der Waals surface area contributed by atoms with Gasteiger partial charge in [0.05, 0.1) is 12.7 Å². The van der Waals surface area contributed by atoms with Gasteiger partial charge in [-0.2, -0.15) is 0 Å². The molecular formula is C19H18BrNO2S. The third-order valence-electron chi connectivity index (χ3n) is 3.88. The van der Waals surface area contributed by atoms with Crippen LogP contribution >= 0.6 is 27.3 Å². The van der Waals surface area contributed by atoms with E-state index in [1.54, 1.807) is 24.5 Å². The normalized spacial score (nSPS) is 12.1. The lowest BCUT2D eigenvalue weighted by atomic mass is 10.1. The minimum absolute atomic E-state index is 0.0357. The quantitative estimate of drug-likeness (QED) is 0.648. The average Bonchev–Trinajstić information content (AvgIpc) is 2.98. The molecular weight excluding hydrogens is 386 g/mol. The maximum absolute atomic E-state index is 12.5. The van der Waals surface area contributed by atoms with Gasteiger partial charge in [0.2, 0.25) is 0 Å². The molecule has 0 unspecified atom stereocenters. The van der Waals surface area contributed by atoms with Crippen molar-refractivity contribution in [3.63, 3.8) is 0 Å². The molecule has 24 heavy (non-hydrogen) atoms. The Morgan fingerprint density at radius 1 is 1.29 bits per heavy atom. The predicted molar refractivity (Wildman–Crippen MR) is 103 cm³/mol. The Kier molecular flexibility index (Phi) is 5.21. The van der Waals surface area contributed by atoms with E-state index in [1.807, 2.05) is 25.1 Å². The highest BCUT2D eigenvalue weighted by Crippen LogP contribution is 2.27. The molecule has 0 saturated carbocycles. The molecule has 0 fully saturated rings. The number of thiophene rings is 1. The van der Waals surface area contributed by atoms with E-state index >= 15 is 0 Å². The standard InChI is InChI=1S/C19H18BrNO2S/c1-12(9-13-11-24-18-6-4-3-5-15(13)18)21-19(22)16-10-14(23-2)7-8-17(16)20/h3-8,10-12H,9H2,1-2H3,(H,21,22)/t12-/m0/s1. The number of nitrogens with one attached hydrogen (secondary N) is 1. The summed E-state index contributed by atoms with van der Waals surface area (Å²) in [6.07, 6.45) is 0.803. The molecule has 3 rings (SSSR count). The van der Waals surface area contributed by atoms with Gasteiger partial charge in [-0.3, -0.25) is 4.79 Å². The van der Waals surface area contributed by atoms with Crippen molar-refractivity contribution in [1.82, 2.24) is 5.32 Å². The Morgan fingerprint density at radius 2 is 2.08 bits per heavy atom. The van der Waals surface area contributed by atoms with Crippen molar-refractivity contribution in [2.75, 3.05) is 7.11 Å². The topological polar surface area (TPSA) is 38.3 Å². The fourth-order valence-corrected chi connectivity index (χ4v) is 4.08. The van der Waals surface area contributed by atoms with E-state index in [-0.39, 0.29) is 11.9 Å². The molecule has 0 radical (unpaired) electrons. The van der Waals surface area contributed by atoms with Crippen molar-refractivity contribution in [3.05, 3.63) is 63.4 Å². The molecule has 1 amide bonds. The van der Waals surface area contributed by atoms with Crippen molar-refractivity contribution < 1.29 is 9.53 Å². The van der Waals surface area contributed by atoms with E-state index in [4.69, 9.17) is 4.74 Å². The van der Waals surface area contributed by atoms with Crippen LogP contribution in [0.1, 0.15) is 22.8 Å². The van der Waals surface area contributed by atoms with Gasteiger partial charge in [-0.05, 0) is 69.9 Å². The molecule has 124 valence electrons. The maximum atomic E-state index is 12.5. The van der Waals surface area contributed by atoms with Gasteiger partial charge in [0.25, 0.3) is 5.91 Å². The number of ether oxygens (including phenoxy) is 1. The van der Waals surface area contributed by atoms with Gasteiger partial charge in [0, 0.05) is 15.2 Å². The Bertz CT molecular complexity index is 875. The number of carbonyl (C=O) groups excluding carboxylic acids is 1. The second-order valence-corrected chi connectivity index (χ2v) is 7.45. The lowest BCUT2D eigenvalue weighted by Crippen LogP contribution is -2.34. The molecule has 1 aromatic heterocycles. The average molecular weight is 404 g/mol. The summed E-state index contributed by atoms with van der Waals surface area (Å²) in [6.45, 7) is 2.03. The first kappa shape index (κ1) is 17.0. The van der Waals surface area contributed by atoms with Crippen LogP contribution in [0.2, 0.25) is 0 Å². The summed E-state index contributed by atoms with van der Waals surface area (Å²) in [5.41, 5.74) is 1.85. The molecule has 5 heteroatoms. The van der Waals surface area contributed by atoms with Crippen LogP contribution in [-0.2, 0) is 6.42 Å². The van der Waals surface area contributed by atoms with Crippen LogP contribution in [0.25, 0.3) is 10.1 Å². The number of hydrogen-bond acceptors (Lipinski definition) is 3. The van der Waals surface area contributed by atoms with Crippen LogP contribution in [0.4, 0.5) is 0 Å². The zero-order valence-electron chi connectivity index (χ0n) is 13.5. The van der Waals surface area contributed by atoms with Gasteiger partial charge in [-0.1, -0.05) is 18.2 Å². The number of carbonyl (C=O) groups is 1. The molecule has 0 saturated heterocycles. The monoisotopic (exact) mass is 403 g/mol. The van der Waals surface area contributed by atoms with E-state index < -0.39 is 0 Å². The van der Waals surface area contributed by atoms with Crippen LogP contribution in [0.5, 0.6) is 5.75 Å². The first-order valence-electron chi connectivity index (χ1n) is 7.68. The summed E-state index contributed by atoms with van der Waals surface area (Å²) in [5.74, 6) is 0.563. The molecule has 0 aliphatic carbocycles. The summed E-state index contributed by atoms with van der Waals surface area (Å²) in [4.78, 5) is 12.5. The molecule has 2 aromatic carbocycles. The van der Waals surface area contributed by atoms with E-state index in [0.717, 1.165) is 10.9 Å². The number of amides is 1. The molecule has 0 aliphatic heterocycles. The van der Waals surface area contributed by atoms with E-state index in [0.29, 0.717) is 11.3 Å². The molecule has 1 atom stereocenters. The lowest BCUT2D eigenvalue weighted by Gasteiger charge is -2.15. The highest BCUT2D eigenvalue weighted by atomic mass is 79.9. The first-order valence-corrected chi connectivity index (χ1v) is 9.35. The SMILES string of the molecule is COc1ccc(Br)c(C(=O)N[C@@H](C)Cc2csc3ccccc23)c1. The van der Waals surface area contributed by atoms with Crippen LogP contribution < -0.4 is 10.1 Å². The molecule has 0 spiro atoms. The number of hydrogen-bond donors (Lipinski definition) is 1. The van der Waals surface area contributed by atoms with Crippen molar-refractivity contribution in [3.8, 4) is 5.75 Å². The molecule has 1 N–H and O–H groups in total. The van der Waals surface area contributed by atoms with Gasteiger partial charge >= 0.3 is 0 Å². The van der Waals surface area contributed by atoms with Crippen molar-refractivity contribution in [2.24, 2.45) is 0 Å². The summed E-state index contributed by atoms with van der Waals surface area (Å²) < 4.78 is 7.24. The minimum atomic E-state index is -0.104. The summed E-state index contributed by atoms with van der Waals surface area (Å²) in [7, 11) is 1.59. The van der Waals surface area contributed by atoms with Gasteiger partial charge < -0.3 is 10.1 Å². The third-order valence-corrected chi connectivity index (χ3v) is 5.59. The number of halogens is 1. The predicted octanol–water partition coefficient (Wildman–Crippen LogP) is 5.03. The van der Waals surface area contributed by atoms with Gasteiger partial charge in [-0.15, -0.1) is 11.3 Å². The van der Waals surface area contributed by atoms with Crippen LogP contribution in [0, 0.1) is 0 Å². The van der Waals surface area contributed by atoms with E-state index in [1.165, 1.54) is 15.6 Å². The number of fused-ring (bicyclic) bond motifs is 1. The lowest BCUT2D eigenvalue weighted by molar-refractivity contribution is 0.0939. The fourth-order valence-electron chi connectivity index (χ4n) is 2.68. The Morgan fingerprint density at radius 3 is 2.88 bits per heavy atom. The van der Waals surface area contributed by atoms with Crippen LogP contribution in [0.3, 0.4) is 0 Å². The third kappa shape index (κ3) is 3.62. The Balaban J connectivity index is 1.72. The second kappa shape index (κ2) is 7.36. The smallest absolute Gasteiger partial charge is 0.252 e. The van der Waals surface area contributed by atoms with Crippen molar-refractivity contribution in [2.45, 2.75) is 19.4 Å². The van der Waals surface area contributed by atoms with Gasteiger partial charge in [0.15, 0.2) is 0 Å². The molecule has 3 nitrogen and oxygen atoms in total. The number of rotatable bonds is 5. The Hall–Kier alpha value is -1.85. The van der Waals surface area contributed by atoms with Crippen LogP contribution in [0.15, 0.2) is 52.3 Å². The van der Waals surface area contributed by atoms with Crippen LogP contribution in [-0.4, -0.2) is 19.1 Å². The summed E-state index contributed by atoms with van der Waals surface area (Å²) in [6, 6.07) is 13.8. The van der Waals surface area contributed by atoms with Crippen molar-refractivity contribution in [1.29, 1.82) is 0 Å². The van der Waals surface area contributed by atoms with Gasteiger partial charge in [0.1, 0.15) is 5.75 Å². The zero-order chi connectivity index (χ0) is 17.1. The first-order chi connectivity index (χ1) is 11.6. The van der Waals surface area contributed by atoms with E-state index in [9.17, 15) is 4.79 Å². The highest BCUT2D eigenvalue weighted by molar-refractivity contribution is 9.10. The molecule has 0 aliphatic rings. The molecule has 3 aromatic rings. The zero-order valence-corrected chi connectivity index (χ0v) is 15.9. The minimum Gasteiger partial charge on any atom is -0.497 e.